The molecule has 0 heterocycles. The zero-order valence-corrected chi connectivity index (χ0v) is 13.2. The lowest BCUT2D eigenvalue weighted by Gasteiger charge is -2.28. The third-order valence-corrected chi connectivity index (χ3v) is 2.73. The van der Waals surface area contributed by atoms with Crippen LogP contribution in [0.3, 0.4) is 0 Å². The Morgan fingerprint density at radius 2 is 1.95 bits per heavy atom. The Labute approximate surface area is 121 Å². The first-order chi connectivity index (χ1) is 9.15. The number of likely N-dealkylation sites (N-methyl/N-ethyl adjacent to an activating group) is 1. The number of carboxylic acid groups (broad SMARTS) is 1. The molecule has 0 aliphatic heterocycles. The second kappa shape index (κ2) is 8.79. The van der Waals surface area contributed by atoms with E-state index in [4.69, 9.17) is 9.84 Å². The molecule has 0 saturated heterocycles. The van der Waals surface area contributed by atoms with Crippen molar-refractivity contribution < 1.29 is 19.4 Å². The molecule has 0 radical (unpaired) electrons. The van der Waals surface area contributed by atoms with E-state index in [2.05, 4.69) is 5.32 Å². The average Bonchev–Trinajstić information content (AvgIpc) is 2.25. The van der Waals surface area contributed by atoms with Gasteiger partial charge < -0.3 is 20.1 Å². The van der Waals surface area contributed by atoms with E-state index in [0.29, 0.717) is 26.2 Å². The number of aliphatic carboxylic acids is 1. The number of nitrogens with zero attached hydrogens (tertiary/aromatic N) is 1. The van der Waals surface area contributed by atoms with Crippen LogP contribution in [0.4, 0.5) is 4.79 Å². The van der Waals surface area contributed by atoms with Gasteiger partial charge >= 0.3 is 12.0 Å². The first-order valence-electron chi connectivity index (χ1n) is 6.97. The highest BCUT2D eigenvalue weighted by Gasteiger charge is 2.23. The number of urea groups is 1. The number of carbonyl (C=O) groups excluding carboxylic acids is 1. The van der Waals surface area contributed by atoms with E-state index in [-0.39, 0.29) is 23.9 Å². The molecule has 0 aromatic carbocycles. The van der Waals surface area contributed by atoms with E-state index in [1.165, 1.54) is 4.90 Å². The van der Waals surface area contributed by atoms with Crippen molar-refractivity contribution in [2.75, 3.05) is 26.8 Å². The maximum absolute atomic E-state index is 12.0. The second-order valence-corrected chi connectivity index (χ2v) is 6.13. The van der Waals surface area contributed by atoms with Gasteiger partial charge in [-0.15, -0.1) is 0 Å². The number of amides is 2. The van der Waals surface area contributed by atoms with Gasteiger partial charge in [0.05, 0.1) is 13.0 Å². The number of ether oxygens (including phenoxy) is 1. The summed E-state index contributed by atoms with van der Waals surface area (Å²) in [6.45, 7) is 9.53. The van der Waals surface area contributed by atoms with E-state index >= 15 is 0 Å². The average molecular weight is 288 g/mol. The van der Waals surface area contributed by atoms with Crippen molar-refractivity contribution in [3.8, 4) is 0 Å². The zero-order valence-electron chi connectivity index (χ0n) is 13.2. The van der Waals surface area contributed by atoms with Gasteiger partial charge in [-0.05, 0) is 18.8 Å². The van der Waals surface area contributed by atoms with Crippen molar-refractivity contribution >= 4 is 12.0 Å². The first kappa shape index (κ1) is 18.7. The SMILES string of the molecule is CCOCCN(C)C(=O)NC(CC(=O)O)CC(C)(C)C. The third-order valence-electron chi connectivity index (χ3n) is 2.73. The molecule has 0 aromatic heterocycles. The molecule has 2 amide bonds. The fourth-order valence-corrected chi connectivity index (χ4v) is 1.86. The molecule has 118 valence electrons. The number of hydrogen-bond donors (Lipinski definition) is 2. The summed E-state index contributed by atoms with van der Waals surface area (Å²) in [7, 11) is 1.67. The Hall–Kier alpha value is -1.30. The molecule has 0 bridgehead atoms. The summed E-state index contributed by atoms with van der Waals surface area (Å²) in [5.74, 6) is -0.906. The van der Waals surface area contributed by atoms with Crippen LogP contribution in [0.15, 0.2) is 0 Å². The van der Waals surface area contributed by atoms with Crippen LogP contribution < -0.4 is 5.32 Å². The van der Waals surface area contributed by atoms with Gasteiger partial charge in [0.15, 0.2) is 0 Å². The molecule has 0 aliphatic rings. The van der Waals surface area contributed by atoms with Crippen LogP contribution in [0, 0.1) is 5.41 Å². The summed E-state index contributed by atoms with van der Waals surface area (Å²) in [5, 5.41) is 11.7. The molecule has 2 N–H and O–H groups in total. The number of rotatable bonds is 8. The summed E-state index contributed by atoms with van der Waals surface area (Å²) in [6.07, 6.45) is 0.548. The number of carboxylic acids is 1. The topological polar surface area (TPSA) is 78.9 Å². The standard InChI is InChI=1S/C14H28N2O4/c1-6-20-8-7-16(5)13(19)15-11(9-12(17)18)10-14(2,3)4/h11H,6-10H2,1-5H3,(H,15,19)(H,17,18). The molecule has 0 spiro atoms. The van der Waals surface area contributed by atoms with E-state index in [1.807, 2.05) is 27.7 Å². The van der Waals surface area contributed by atoms with Crippen LogP contribution in [0.1, 0.15) is 40.5 Å². The summed E-state index contributed by atoms with van der Waals surface area (Å²) < 4.78 is 5.19. The second-order valence-electron chi connectivity index (χ2n) is 6.13. The third kappa shape index (κ3) is 9.61. The lowest BCUT2D eigenvalue weighted by atomic mass is 9.87. The van der Waals surface area contributed by atoms with Crippen molar-refractivity contribution in [1.29, 1.82) is 0 Å². The van der Waals surface area contributed by atoms with Crippen LogP contribution in [0.2, 0.25) is 0 Å². The predicted molar refractivity (Wildman–Crippen MR) is 77.8 cm³/mol. The molecule has 1 unspecified atom stereocenters. The molecule has 20 heavy (non-hydrogen) atoms. The number of hydrogen-bond acceptors (Lipinski definition) is 3. The molecule has 0 fully saturated rings. The fraction of sp³-hybridized carbons (Fsp3) is 0.857. The fourth-order valence-electron chi connectivity index (χ4n) is 1.86. The van der Waals surface area contributed by atoms with Gasteiger partial charge in [0.1, 0.15) is 0 Å². The molecule has 0 rings (SSSR count). The van der Waals surface area contributed by atoms with Crippen LogP contribution in [-0.2, 0) is 9.53 Å². The number of nitrogens with one attached hydrogen (secondary N) is 1. The van der Waals surface area contributed by atoms with Gasteiger partial charge in [-0.2, -0.15) is 0 Å². The predicted octanol–water partition coefficient (Wildman–Crippen LogP) is 1.94. The van der Waals surface area contributed by atoms with E-state index in [1.54, 1.807) is 7.05 Å². The van der Waals surface area contributed by atoms with Crippen LogP contribution >= 0.6 is 0 Å². The van der Waals surface area contributed by atoms with Crippen LogP contribution in [-0.4, -0.2) is 54.9 Å². The summed E-state index contributed by atoms with van der Waals surface area (Å²) in [5.41, 5.74) is -0.0444. The van der Waals surface area contributed by atoms with Gasteiger partial charge in [0, 0.05) is 26.2 Å². The minimum absolute atomic E-state index is 0.0444. The Balaban J connectivity index is 4.40. The minimum atomic E-state index is -0.906. The maximum atomic E-state index is 12.0. The lowest BCUT2D eigenvalue weighted by molar-refractivity contribution is -0.137. The molecular weight excluding hydrogens is 260 g/mol. The maximum Gasteiger partial charge on any atom is 0.317 e. The molecule has 0 aromatic rings. The number of carbonyl (C=O) groups is 2. The van der Waals surface area contributed by atoms with Crippen LogP contribution in [0.25, 0.3) is 0 Å². The van der Waals surface area contributed by atoms with E-state index in [0.717, 1.165) is 0 Å². The Kier molecular flexibility index (Phi) is 8.22. The van der Waals surface area contributed by atoms with E-state index < -0.39 is 5.97 Å². The monoisotopic (exact) mass is 288 g/mol. The highest BCUT2D eigenvalue weighted by atomic mass is 16.5. The molecular formula is C14H28N2O4. The largest absolute Gasteiger partial charge is 0.481 e. The Bertz CT molecular complexity index is 313. The molecule has 0 aliphatic carbocycles. The summed E-state index contributed by atoms with van der Waals surface area (Å²) in [6, 6.07) is -0.630. The minimum Gasteiger partial charge on any atom is -0.481 e. The Morgan fingerprint density at radius 3 is 2.40 bits per heavy atom. The van der Waals surface area contributed by atoms with Gasteiger partial charge in [-0.1, -0.05) is 20.8 Å². The molecule has 6 heteroatoms. The van der Waals surface area contributed by atoms with Gasteiger partial charge in [-0.3, -0.25) is 4.79 Å². The van der Waals surface area contributed by atoms with Crippen molar-refractivity contribution in [3.63, 3.8) is 0 Å². The van der Waals surface area contributed by atoms with Crippen molar-refractivity contribution in [2.45, 2.75) is 46.6 Å². The highest BCUT2D eigenvalue weighted by Crippen LogP contribution is 2.22. The first-order valence-corrected chi connectivity index (χ1v) is 6.97. The molecule has 0 saturated carbocycles. The van der Waals surface area contributed by atoms with E-state index in [9.17, 15) is 9.59 Å². The van der Waals surface area contributed by atoms with Crippen molar-refractivity contribution in [2.24, 2.45) is 5.41 Å². The normalized spacial score (nSPS) is 12.8. The summed E-state index contributed by atoms with van der Waals surface area (Å²) >= 11 is 0. The highest BCUT2D eigenvalue weighted by molar-refractivity contribution is 5.75. The van der Waals surface area contributed by atoms with Gasteiger partial charge in [-0.25, -0.2) is 4.79 Å². The van der Waals surface area contributed by atoms with Crippen molar-refractivity contribution in [3.05, 3.63) is 0 Å². The zero-order chi connectivity index (χ0) is 15.8. The van der Waals surface area contributed by atoms with Gasteiger partial charge in [0.25, 0.3) is 0 Å². The molecule has 6 nitrogen and oxygen atoms in total. The summed E-state index contributed by atoms with van der Waals surface area (Å²) in [4.78, 5) is 24.4. The van der Waals surface area contributed by atoms with Crippen molar-refractivity contribution in [1.82, 2.24) is 10.2 Å². The quantitative estimate of drug-likeness (QED) is 0.669. The van der Waals surface area contributed by atoms with Gasteiger partial charge in [0.2, 0.25) is 0 Å². The molecule has 1 atom stereocenters. The lowest BCUT2D eigenvalue weighted by Crippen LogP contribution is -2.46. The smallest absolute Gasteiger partial charge is 0.317 e. The van der Waals surface area contributed by atoms with Crippen LogP contribution in [0.5, 0.6) is 0 Å². The Morgan fingerprint density at radius 1 is 1.35 bits per heavy atom.